The van der Waals surface area contributed by atoms with E-state index in [0.717, 1.165) is 6.42 Å². The Morgan fingerprint density at radius 2 is 2.30 bits per heavy atom. The highest BCUT2D eigenvalue weighted by atomic mass is 16.3. The third-order valence-corrected chi connectivity index (χ3v) is 2.81. The molecule has 10 heavy (non-hydrogen) atoms. The standard InChI is InChI=1S/C8H17NO/c1-7-4-2-3-5-8(7,9)6-10/h7,10H,2-6,9H2,1H3/t7-,8-/m1/s1. The van der Waals surface area contributed by atoms with E-state index in [0.29, 0.717) is 5.92 Å². The molecule has 3 N–H and O–H groups in total. The number of aliphatic hydroxyl groups excluding tert-OH is 1. The number of hydrogen-bond donors (Lipinski definition) is 2. The van der Waals surface area contributed by atoms with Crippen LogP contribution in [0.4, 0.5) is 0 Å². The Balaban J connectivity index is 2.54. The molecule has 2 nitrogen and oxygen atoms in total. The van der Waals surface area contributed by atoms with Gasteiger partial charge in [0.2, 0.25) is 0 Å². The van der Waals surface area contributed by atoms with Gasteiger partial charge in [-0.2, -0.15) is 0 Å². The lowest BCUT2D eigenvalue weighted by Gasteiger charge is -2.37. The highest BCUT2D eigenvalue weighted by molar-refractivity contribution is 4.91. The Morgan fingerprint density at radius 3 is 2.70 bits per heavy atom. The molecule has 1 aliphatic rings. The van der Waals surface area contributed by atoms with E-state index in [9.17, 15) is 0 Å². The molecule has 0 unspecified atom stereocenters. The van der Waals surface area contributed by atoms with E-state index in [2.05, 4.69) is 6.92 Å². The Morgan fingerprint density at radius 1 is 1.60 bits per heavy atom. The van der Waals surface area contributed by atoms with Gasteiger partial charge in [0.15, 0.2) is 0 Å². The SMILES string of the molecule is C[C@@H]1CCCC[C@@]1(N)CO. The molecule has 1 rings (SSSR count). The van der Waals surface area contributed by atoms with Gasteiger partial charge in [0.05, 0.1) is 6.61 Å². The van der Waals surface area contributed by atoms with Crippen molar-refractivity contribution < 1.29 is 5.11 Å². The second-order valence-electron chi connectivity index (χ2n) is 3.54. The summed E-state index contributed by atoms with van der Waals surface area (Å²) in [5, 5.41) is 9.00. The summed E-state index contributed by atoms with van der Waals surface area (Å²) in [7, 11) is 0. The average molecular weight is 143 g/mol. The van der Waals surface area contributed by atoms with E-state index in [-0.39, 0.29) is 12.1 Å². The summed E-state index contributed by atoms with van der Waals surface area (Å²) in [5.41, 5.74) is 5.69. The molecule has 0 aromatic heterocycles. The molecule has 0 aromatic carbocycles. The van der Waals surface area contributed by atoms with Crippen molar-refractivity contribution in [3.8, 4) is 0 Å². The molecule has 60 valence electrons. The molecule has 1 aliphatic carbocycles. The van der Waals surface area contributed by atoms with Gasteiger partial charge in [-0.1, -0.05) is 19.8 Å². The lowest BCUT2D eigenvalue weighted by atomic mass is 9.75. The van der Waals surface area contributed by atoms with Crippen molar-refractivity contribution in [2.75, 3.05) is 6.61 Å². The average Bonchev–Trinajstić information content (AvgIpc) is 1.96. The summed E-state index contributed by atoms with van der Waals surface area (Å²) in [6.07, 6.45) is 4.63. The zero-order valence-corrected chi connectivity index (χ0v) is 6.64. The van der Waals surface area contributed by atoms with Crippen LogP contribution in [0.15, 0.2) is 0 Å². The molecule has 2 heteroatoms. The van der Waals surface area contributed by atoms with E-state index in [1.807, 2.05) is 0 Å². The molecule has 1 saturated carbocycles. The third-order valence-electron chi connectivity index (χ3n) is 2.81. The van der Waals surface area contributed by atoms with E-state index >= 15 is 0 Å². The first-order chi connectivity index (χ1) is 4.69. The molecular formula is C8H17NO. The quantitative estimate of drug-likeness (QED) is 0.572. The molecule has 0 saturated heterocycles. The minimum Gasteiger partial charge on any atom is -0.394 e. The van der Waals surface area contributed by atoms with Gasteiger partial charge >= 0.3 is 0 Å². The maximum atomic E-state index is 9.00. The van der Waals surface area contributed by atoms with Crippen LogP contribution in [0.1, 0.15) is 32.6 Å². The van der Waals surface area contributed by atoms with Crippen LogP contribution in [0.25, 0.3) is 0 Å². The second kappa shape index (κ2) is 2.89. The van der Waals surface area contributed by atoms with Crippen LogP contribution in [-0.2, 0) is 0 Å². The van der Waals surface area contributed by atoms with Gasteiger partial charge < -0.3 is 10.8 Å². The van der Waals surface area contributed by atoms with Gasteiger partial charge in [0.1, 0.15) is 0 Å². The minimum atomic E-state index is -0.266. The van der Waals surface area contributed by atoms with Crippen LogP contribution in [-0.4, -0.2) is 17.3 Å². The molecule has 0 amide bonds. The van der Waals surface area contributed by atoms with Crippen LogP contribution >= 0.6 is 0 Å². The van der Waals surface area contributed by atoms with Crippen molar-refractivity contribution in [1.29, 1.82) is 0 Å². The van der Waals surface area contributed by atoms with Gasteiger partial charge in [0.25, 0.3) is 0 Å². The van der Waals surface area contributed by atoms with Gasteiger partial charge in [-0.15, -0.1) is 0 Å². The van der Waals surface area contributed by atoms with E-state index in [4.69, 9.17) is 10.8 Å². The monoisotopic (exact) mass is 143 g/mol. The second-order valence-corrected chi connectivity index (χ2v) is 3.54. The van der Waals surface area contributed by atoms with E-state index < -0.39 is 0 Å². The molecule has 0 aliphatic heterocycles. The van der Waals surface area contributed by atoms with Crippen molar-refractivity contribution in [1.82, 2.24) is 0 Å². The van der Waals surface area contributed by atoms with Crippen molar-refractivity contribution in [2.24, 2.45) is 11.7 Å². The molecule has 0 spiro atoms. The smallest absolute Gasteiger partial charge is 0.0613 e. The summed E-state index contributed by atoms with van der Waals surface area (Å²) in [6, 6.07) is 0. The molecule has 2 atom stereocenters. The Labute approximate surface area is 62.4 Å². The highest BCUT2D eigenvalue weighted by Crippen LogP contribution is 2.30. The third kappa shape index (κ3) is 1.32. The van der Waals surface area contributed by atoms with Gasteiger partial charge in [-0.05, 0) is 18.8 Å². The summed E-state index contributed by atoms with van der Waals surface area (Å²) >= 11 is 0. The summed E-state index contributed by atoms with van der Waals surface area (Å²) in [6.45, 7) is 2.28. The molecule has 0 bridgehead atoms. The minimum absolute atomic E-state index is 0.147. The normalized spacial score (nSPS) is 41.7. The fourth-order valence-electron chi connectivity index (χ4n) is 1.67. The van der Waals surface area contributed by atoms with Crippen LogP contribution in [0.2, 0.25) is 0 Å². The van der Waals surface area contributed by atoms with Crippen molar-refractivity contribution in [2.45, 2.75) is 38.1 Å². The lowest BCUT2D eigenvalue weighted by Crippen LogP contribution is -2.51. The maximum Gasteiger partial charge on any atom is 0.0613 e. The molecule has 0 aromatic rings. The maximum absolute atomic E-state index is 9.00. The number of hydrogen-bond acceptors (Lipinski definition) is 2. The predicted molar refractivity (Wildman–Crippen MR) is 41.6 cm³/mol. The van der Waals surface area contributed by atoms with Crippen molar-refractivity contribution in [3.63, 3.8) is 0 Å². The van der Waals surface area contributed by atoms with Crippen LogP contribution in [0.3, 0.4) is 0 Å². The van der Waals surface area contributed by atoms with Crippen LogP contribution < -0.4 is 5.73 Å². The predicted octanol–water partition coefficient (Wildman–Crippen LogP) is 0.886. The Bertz CT molecular complexity index is 116. The number of rotatable bonds is 1. The molecular weight excluding hydrogens is 126 g/mol. The van der Waals surface area contributed by atoms with Crippen molar-refractivity contribution in [3.05, 3.63) is 0 Å². The first kappa shape index (κ1) is 8.02. The van der Waals surface area contributed by atoms with Gasteiger partial charge in [-0.25, -0.2) is 0 Å². The van der Waals surface area contributed by atoms with E-state index in [1.54, 1.807) is 0 Å². The van der Waals surface area contributed by atoms with Gasteiger partial charge in [-0.3, -0.25) is 0 Å². The zero-order valence-electron chi connectivity index (χ0n) is 6.64. The summed E-state index contributed by atoms with van der Waals surface area (Å²) in [5.74, 6) is 0.492. The highest BCUT2D eigenvalue weighted by Gasteiger charge is 2.33. The first-order valence-corrected chi connectivity index (χ1v) is 4.09. The Kier molecular flexibility index (Phi) is 2.32. The van der Waals surface area contributed by atoms with Crippen LogP contribution in [0.5, 0.6) is 0 Å². The van der Waals surface area contributed by atoms with Crippen molar-refractivity contribution >= 4 is 0 Å². The number of aliphatic hydroxyl groups is 1. The first-order valence-electron chi connectivity index (χ1n) is 4.09. The molecule has 0 heterocycles. The fourth-order valence-corrected chi connectivity index (χ4v) is 1.67. The summed E-state index contributed by atoms with van der Waals surface area (Å²) < 4.78 is 0. The Hall–Kier alpha value is -0.0800. The molecule has 0 radical (unpaired) electrons. The lowest BCUT2D eigenvalue weighted by molar-refractivity contribution is 0.110. The number of nitrogens with two attached hydrogens (primary N) is 1. The van der Waals surface area contributed by atoms with E-state index in [1.165, 1.54) is 19.3 Å². The topological polar surface area (TPSA) is 46.2 Å². The van der Waals surface area contributed by atoms with Gasteiger partial charge in [0, 0.05) is 5.54 Å². The largest absolute Gasteiger partial charge is 0.394 e. The van der Waals surface area contributed by atoms with Crippen LogP contribution in [0, 0.1) is 5.92 Å². The molecule has 1 fully saturated rings. The zero-order chi connectivity index (χ0) is 7.61. The summed E-state index contributed by atoms with van der Waals surface area (Å²) in [4.78, 5) is 0. The fraction of sp³-hybridized carbons (Fsp3) is 1.00.